The highest BCUT2D eigenvalue weighted by molar-refractivity contribution is 7.19. The van der Waals surface area contributed by atoms with Crippen LogP contribution in [-0.4, -0.2) is 24.4 Å². The first-order valence-electron chi connectivity index (χ1n) is 8.94. The number of nitrogens with one attached hydrogen (secondary N) is 2. The lowest BCUT2D eigenvalue weighted by atomic mass is 10.1. The van der Waals surface area contributed by atoms with E-state index < -0.39 is 11.9 Å². The van der Waals surface area contributed by atoms with Gasteiger partial charge in [0, 0.05) is 5.69 Å². The number of ether oxygens (including phenoxy) is 1. The zero-order valence-corrected chi connectivity index (χ0v) is 17.0. The third kappa shape index (κ3) is 4.55. The molecule has 0 spiro atoms. The quantitative estimate of drug-likeness (QED) is 0.575. The molecular weight excluding hydrogens is 392 g/mol. The number of benzene rings is 1. The third-order valence-corrected chi connectivity index (χ3v) is 5.29. The van der Waals surface area contributed by atoms with Crippen molar-refractivity contribution in [2.24, 2.45) is 0 Å². The standard InChI is InChI=1S/C21H20N2O5S/c1-4-27-21(26)16-13(3)17(19(25)22-14-8-5-7-12(2)11-14)29-20(16)23-18(24)15-9-6-10-28-15/h5-11H,4H2,1-3H3,(H,22,25)(H,23,24). The molecule has 0 saturated heterocycles. The lowest BCUT2D eigenvalue weighted by Crippen LogP contribution is -2.14. The van der Waals surface area contributed by atoms with E-state index in [9.17, 15) is 14.4 Å². The van der Waals surface area contributed by atoms with Crippen molar-refractivity contribution in [1.29, 1.82) is 0 Å². The summed E-state index contributed by atoms with van der Waals surface area (Å²) in [7, 11) is 0. The van der Waals surface area contributed by atoms with E-state index in [-0.39, 0.29) is 28.8 Å². The van der Waals surface area contributed by atoms with E-state index in [1.807, 2.05) is 25.1 Å². The Kier molecular flexibility index (Phi) is 6.13. The SMILES string of the molecule is CCOC(=O)c1c(NC(=O)c2ccco2)sc(C(=O)Nc2cccc(C)c2)c1C. The molecular formula is C21H20N2O5S. The number of hydrogen-bond acceptors (Lipinski definition) is 6. The minimum absolute atomic E-state index is 0.0941. The number of furan rings is 1. The van der Waals surface area contributed by atoms with E-state index in [1.165, 1.54) is 12.3 Å². The Morgan fingerprint density at radius 2 is 1.86 bits per heavy atom. The molecule has 2 aromatic heterocycles. The minimum Gasteiger partial charge on any atom is -0.462 e. The van der Waals surface area contributed by atoms with Gasteiger partial charge >= 0.3 is 5.97 Å². The molecule has 0 atom stereocenters. The van der Waals surface area contributed by atoms with Crippen LogP contribution in [0.2, 0.25) is 0 Å². The Balaban J connectivity index is 1.94. The Bertz CT molecular complexity index is 1050. The molecule has 3 aromatic rings. The summed E-state index contributed by atoms with van der Waals surface area (Å²) >= 11 is 1.01. The van der Waals surface area contributed by atoms with Crippen LogP contribution in [0.25, 0.3) is 0 Å². The summed E-state index contributed by atoms with van der Waals surface area (Å²) in [5.74, 6) is -1.41. The summed E-state index contributed by atoms with van der Waals surface area (Å²) in [6.07, 6.45) is 1.38. The predicted octanol–water partition coefficient (Wildman–Crippen LogP) is 4.64. The summed E-state index contributed by atoms with van der Waals surface area (Å²) in [4.78, 5) is 38.0. The Hall–Kier alpha value is -3.39. The van der Waals surface area contributed by atoms with Gasteiger partial charge in [0.2, 0.25) is 0 Å². The number of esters is 1. The van der Waals surface area contributed by atoms with Crippen molar-refractivity contribution in [2.45, 2.75) is 20.8 Å². The molecule has 0 aliphatic rings. The van der Waals surface area contributed by atoms with Gasteiger partial charge in [0.1, 0.15) is 5.00 Å². The molecule has 0 bridgehead atoms. The second kappa shape index (κ2) is 8.74. The van der Waals surface area contributed by atoms with Crippen molar-refractivity contribution in [3.63, 3.8) is 0 Å². The van der Waals surface area contributed by atoms with Gasteiger partial charge < -0.3 is 19.8 Å². The highest BCUT2D eigenvalue weighted by Gasteiger charge is 2.27. The molecule has 0 aliphatic heterocycles. The molecule has 8 heteroatoms. The van der Waals surface area contributed by atoms with Crippen LogP contribution < -0.4 is 10.6 Å². The van der Waals surface area contributed by atoms with Crippen molar-refractivity contribution in [3.8, 4) is 0 Å². The van der Waals surface area contributed by atoms with E-state index in [0.717, 1.165) is 16.9 Å². The van der Waals surface area contributed by atoms with Crippen molar-refractivity contribution < 1.29 is 23.5 Å². The highest BCUT2D eigenvalue weighted by atomic mass is 32.1. The predicted molar refractivity (Wildman–Crippen MR) is 111 cm³/mol. The van der Waals surface area contributed by atoms with Gasteiger partial charge in [-0.3, -0.25) is 9.59 Å². The van der Waals surface area contributed by atoms with Gasteiger partial charge in [-0.25, -0.2) is 4.79 Å². The molecule has 0 saturated carbocycles. The van der Waals surface area contributed by atoms with Gasteiger partial charge in [-0.05, 0) is 56.2 Å². The van der Waals surface area contributed by atoms with Crippen LogP contribution in [0.3, 0.4) is 0 Å². The largest absolute Gasteiger partial charge is 0.462 e. The van der Waals surface area contributed by atoms with Crippen molar-refractivity contribution in [1.82, 2.24) is 0 Å². The number of anilines is 2. The van der Waals surface area contributed by atoms with Gasteiger partial charge in [-0.15, -0.1) is 11.3 Å². The van der Waals surface area contributed by atoms with Crippen LogP contribution in [0, 0.1) is 13.8 Å². The molecule has 29 heavy (non-hydrogen) atoms. The lowest BCUT2D eigenvalue weighted by molar-refractivity contribution is 0.0527. The van der Waals surface area contributed by atoms with Crippen molar-refractivity contribution >= 4 is 39.8 Å². The molecule has 0 unspecified atom stereocenters. The van der Waals surface area contributed by atoms with Crippen LogP contribution in [0.5, 0.6) is 0 Å². The summed E-state index contributed by atoms with van der Waals surface area (Å²) in [6, 6.07) is 10.5. The molecule has 0 fully saturated rings. The zero-order chi connectivity index (χ0) is 21.0. The number of carbonyl (C=O) groups excluding carboxylic acids is 3. The molecule has 2 amide bonds. The maximum atomic E-state index is 12.8. The van der Waals surface area contributed by atoms with Crippen LogP contribution in [-0.2, 0) is 4.74 Å². The third-order valence-electron chi connectivity index (χ3n) is 4.08. The van der Waals surface area contributed by atoms with Crippen LogP contribution >= 0.6 is 11.3 Å². The summed E-state index contributed by atoms with van der Waals surface area (Å²) in [6.45, 7) is 5.43. The first kappa shape index (κ1) is 20.3. The molecule has 2 N–H and O–H groups in total. The lowest BCUT2D eigenvalue weighted by Gasteiger charge is -2.06. The molecule has 0 aliphatic carbocycles. The maximum absolute atomic E-state index is 12.8. The fraction of sp³-hybridized carbons (Fsp3) is 0.190. The van der Waals surface area contributed by atoms with Crippen molar-refractivity contribution in [3.05, 3.63) is 70.0 Å². The number of hydrogen-bond donors (Lipinski definition) is 2. The van der Waals surface area contributed by atoms with E-state index in [1.54, 1.807) is 26.0 Å². The monoisotopic (exact) mass is 412 g/mol. The molecule has 1 aromatic carbocycles. The van der Waals surface area contributed by atoms with E-state index in [4.69, 9.17) is 9.15 Å². The highest BCUT2D eigenvalue weighted by Crippen LogP contribution is 2.34. The zero-order valence-electron chi connectivity index (χ0n) is 16.2. The summed E-state index contributed by atoms with van der Waals surface area (Å²) in [5, 5.41) is 5.70. The van der Waals surface area contributed by atoms with Crippen LogP contribution in [0.15, 0.2) is 47.1 Å². The number of aryl methyl sites for hydroxylation is 1. The van der Waals surface area contributed by atoms with Crippen LogP contribution in [0.4, 0.5) is 10.7 Å². The molecule has 3 rings (SSSR count). The second-order valence-electron chi connectivity index (χ2n) is 6.24. The number of carbonyl (C=O) groups is 3. The fourth-order valence-electron chi connectivity index (χ4n) is 2.75. The van der Waals surface area contributed by atoms with Crippen molar-refractivity contribution in [2.75, 3.05) is 17.2 Å². The molecule has 2 heterocycles. The number of thiophene rings is 1. The molecule has 0 radical (unpaired) electrons. The minimum atomic E-state index is -0.606. The Morgan fingerprint density at radius 3 is 2.52 bits per heavy atom. The Morgan fingerprint density at radius 1 is 1.07 bits per heavy atom. The topological polar surface area (TPSA) is 97.6 Å². The second-order valence-corrected chi connectivity index (χ2v) is 7.26. The molecule has 7 nitrogen and oxygen atoms in total. The van der Waals surface area contributed by atoms with Gasteiger partial charge in [0.05, 0.1) is 23.3 Å². The van der Waals surface area contributed by atoms with E-state index >= 15 is 0 Å². The van der Waals surface area contributed by atoms with Gasteiger partial charge in [-0.2, -0.15) is 0 Å². The number of amides is 2. The van der Waals surface area contributed by atoms with Gasteiger partial charge in [-0.1, -0.05) is 12.1 Å². The normalized spacial score (nSPS) is 10.4. The molecule has 150 valence electrons. The average molecular weight is 412 g/mol. The van der Waals surface area contributed by atoms with Gasteiger partial charge in [0.25, 0.3) is 11.8 Å². The smallest absolute Gasteiger partial charge is 0.341 e. The Labute approximate surface area is 171 Å². The van der Waals surface area contributed by atoms with E-state index in [0.29, 0.717) is 16.1 Å². The van der Waals surface area contributed by atoms with Gasteiger partial charge in [0.15, 0.2) is 5.76 Å². The average Bonchev–Trinajstić information content (AvgIpc) is 3.30. The summed E-state index contributed by atoms with van der Waals surface area (Å²) < 4.78 is 10.2. The maximum Gasteiger partial charge on any atom is 0.341 e. The van der Waals surface area contributed by atoms with E-state index in [2.05, 4.69) is 10.6 Å². The fourth-order valence-corrected chi connectivity index (χ4v) is 3.84. The first-order valence-corrected chi connectivity index (χ1v) is 9.75. The first-order chi connectivity index (χ1) is 13.9. The van der Waals surface area contributed by atoms with Crippen LogP contribution in [0.1, 0.15) is 48.6 Å². The number of rotatable bonds is 6. The summed E-state index contributed by atoms with van der Waals surface area (Å²) in [5.41, 5.74) is 2.24.